The molecule has 0 fully saturated rings. The Balaban J connectivity index is 1.13. The van der Waals surface area contributed by atoms with E-state index in [2.05, 4.69) is 192 Å². The first-order valence-corrected chi connectivity index (χ1v) is 18.4. The summed E-state index contributed by atoms with van der Waals surface area (Å²) >= 11 is 0. The van der Waals surface area contributed by atoms with Crippen LogP contribution in [0.4, 0.5) is 0 Å². The summed E-state index contributed by atoms with van der Waals surface area (Å²) in [6.45, 7) is 0. The van der Waals surface area contributed by atoms with Crippen LogP contribution in [0.2, 0.25) is 0 Å². The lowest BCUT2D eigenvalue weighted by Gasteiger charge is -2.25. The third-order valence-electron chi connectivity index (χ3n) is 10.6. The largest absolute Gasteiger partial charge is 0.359 e. The Bertz CT molecular complexity index is 2830. The van der Waals surface area contributed by atoms with Gasteiger partial charge < -0.3 is 5.32 Å². The molecule has 0 saturated carbocycles. The van der Waals surface area contributed by atoms with Gasteiger partial charge in [-0.3, -0.25) is 4.98 Å². The molecule has 3 heteroatoms. The average molecular weight is 690 g/mol. The van der Waals surface area contributed by atoms with Crippen molar-refractivity contribution in [2.45, 2.75) is 6.04 Å². The molecule has 10 rings (SSSR count). The lowest BCUT2D eigenvalue weighted by atomic mass is 9.85. The zero-order valence-corrected chi connectivity index (χ0v) is 29.5. The fraction of sp³-hybridized carbons (Fsp3) is 0.0196. The van der Waals surface area contributed by atoms with Crippen LogP contribution >= 0.6 is 0 Å². The summed E-state index contributed by atoms with van der Waals surface area (Å²) in [5.41, 5.74) is 11.4. The first-order chi connectivity index (χ1) is 26.8. The van der Waals surface area contributed by atoms with E-state index in [4.69, 9.17) is 4.99 Å². The number of pyridine rings is 1. The van der Waals surface area contributed by atoms with Crippen LogP contribution in [0.3, 0.4) is 0 Å². The van der Waals surface area contributed by atoms with Crippen molar-refractivity contribution >= 4 is 43.9 Å². The Kier molecular flexibility index (Phi) is 7.88. The number of aromatic nitrogens is 1. The van der Waals surface area contributed by atoms with Gasteiger partial charge in [0.25, 0.3) is 0 Å². The van der Waals surface area contributed by atoms with Gasteiger partial charge in [0, 0.05) is 23.5 Å². The Morgan fingerprint density at radius 1 is 0.426 bits per heavy atom. The van der Waals surface area contributed by atoms with E-state index in [1.807, 2.05) is 18.5 Å². The minimum absolute atomic E-state index is 0.0927. The van der Waals surface area contributed by atoms with Crippen LogP contribution in [0.1, 0.15) is 22.7 Å². The third kappa shape index (κ3) is 5.64. The van der Waals surface area contributed by atoms with Crippen molar-refractivity contribution in [2.75, 3.05) is 0 Å². The molecule has 0 spiro atoms. The van der Waals surface area contributed by atoms with Crippen molar-refractivity contribution in [3.8, 4) is 33.4 Å². The second kappa shape index (κ2) is 13.5. The molecule has 0 amide bonds. The van der Waals surface area contributed by atoms with Crippen LogP contribution < -0.4 is 5.32 Å². The number of amidine groups is 1. The number of hydrogen-bond acceptors (Lipinski definition) is 3. The van der Waals surface area contributed by atoms with E-state index in [1.54, 1.807) is 0 Å². The smallest absolute Gasteiger partial charge is 0.134 e. The molecule has 1 aliphatic heterocycles. The Hall–Kier alpha value is -7.10. The van der Waals surface area contributed by atoms with Crippen molar-refractivity contribution < 1.29 is 0 Å². The van der Waals surface area contributed by atoms with Crippen LogP contribution in [0, 0.1) is 0 Å². The molecule has 8 aromatic carbocycles. The fourth-order valence-electron chi connectivity index (χ4n) is 8.06. The zero-order chi connectivity index (χ0) is 35.8. The minimum atomic E-state index is -0.0927. The number of nitrogens with zero attached hydrogens (tertiary/aromatic N) is 2. The van der Waals surface area contributed by atoms with Crippen LogP contribution in [-0.4, -0.2) is 10.8 Å². The van der Waals surface area contributed by atoms with Gasteiger partial charge in [-0.1, -0.05) is 170 Å². The van der Waals surface area contributed by atoms with E-state index < -0.39 is 0 Å². The van der Waals surface area contributed by atoms with E-state index in [0.29, 0.717) is 0 Å². The molecular formula is C51H35N3. The Morgan fingerprint density at radius 3 is 1.70 bits per heavy atom. The molecule has 1 aromatic heterocycles. The van der Waals surface area contributed by atoms with E-state index in [1.165, 1.54) is 49.0 Å². The highest BCUT2D eigenvalue weighted by Gasteiger charge is 2.22. The van der Waals surface area contributed by atoms with Gasteiger partial charge in [-0.05, 0) is 89.5 Å². The van der Waals surface area contributed by atoms with Crippen molar-refractivity contribution in [3.05, 3.63) is 217 Å². The molecule has 1 unspecified atom stereocenters. The SMILES string of the molecule is C1=C(c2cccc3ccccc23)N=C(c2cccc(-c3c4ccccc4c(-c4ccccc4)c4ccccc34)c2)NC1c1ccc(-c2cccnc2)cc1. The predicted octanol–water partition coefficient (Wildman–Crippen LogP) is 12.7. The molecule has 2 heterocycles. The van der Waals surface area contributed by atoms with Crippen LogP contribution in [-0.2, 0) is 0 Å². The molecule has 254 valence electrons. The Labute approximate surface area is 314 Å². The normalized spacial score (nSPS) is 14.1. The van der Waals surface area contributed by atoms with Gasteiger partial charge >= 0.3 is 0 Å². The van der Waals surface area contributed by atoms with Crippen molar-refractivity contribution in [1.29, 1.82) is 0 Å². The number of fused-ring (bicyclic) bond motifs is 3. The topological polar surface area (TPSA) is 37.3 Å². The fourth-order valence-corrected chi connectivity index (χ4v) is 8.06. The van der Waals surface area contributed by atoms with E-state index in [9.17, 15) is 0 Å². The predicted molar refractivity (Wildman–Crippen MR) is 226 cm³/mol. The summed E-state index contributed by atoms with van der Waals surface area (Å²) in [5.74, 6) is 0.845. The van der Waals surface area contributed by atoms with E-state index in [-0.39, 0.29) is 6.04 Å². The van der Waals surface area contributed by atoms with Gasteiger partial charge in [0.1, 0.15) is 5.84 Å². The molecule has 1 atom stereocenters. The number of aliphatic imine (C=N–C) groups is 1. The summed E-state index contributed by atoms with van der Waals surface area (Å²) in [6, 6.07) is 65.1. The van der Waals surface area contributed by atoms with Crippen molar-refractivity contribution in [1.82, 2.24) is 10.3 Å². The highest BCUT2D eigenvalue weighted by atomic mass is 15.0. The van der Waals surface area contributed by atoms with Gasteiger partial charge in [-0.2, -0.15) is 0 Å². The summed E-state index contributed by atoms with van der Waals surface area (Å²) in [4.78, 5) is 9.71. The Morgan fingerprint density at radius 2 is 1.00 bits per heavy atom. The van der Waals surface area contributed by atoms with Crippen LogP contribution in [0.5, 0.6) is 0 Å². The number of benzene rings is 8. The summed E-state index contributed by atoms with van der Waals surface area (Å²) in [6.07, 6.45) is 5.98. The minimum Gasteiger partial charge on any atom is -0.359 e. The molecule has 3 nitrogen and oxygen atoms in total. The molecule has 9 aromatic rings. The van der Waals surface area contributed by atoms with Gasteiger partial charge in [0.15, 0.2) is 0 Å². The molecule has 1 N–H and O–H groups in total. The maximum Gasteiger partial charge on any atom is 0.134 e. The standard InChI is InChI=1S/C51H35N3/c1-2-14-37(15-3-1)49-43-21-6-8-23-45(43)50(46-24-9-7-22-44(46)49)38-17-10-18-39(31-38)51-53-47(36-28-26-34(27-29-36)40-19-12-30-52-33-40)32-48(54-51)42-25-11-16-35-13-4-5-20-41(35)42/h1-33,47H,(H,53,54). The third-order valence-corrected chi connectivity index (χ3v) is 10.6. The highest BCUT2D eigenvalue weighted by molar-refractivity contribution is 6.21. The monoisotopic (exact) mass is 689 g/mol. The second-order valence-electron chi connectivity index (χ2n) is 13.8. The molecule has 0 radical (unpaired) electrons. The lowest BCUT2D eigenvalue weighted by Crippen LogP contribution is -2.31. The van der Waals surface area contributed by atoms with Crippen molar-refractivity contribution in [2.24, 2.45) is 4.99 Å². The number of hydrogen-bond donors (Lipinski definition) is 1. The molecule has 1 aliphatic rings. The zero-order valence-electron chi connectivity index (χ0n) is 29.5. The second-order valence-corrected chi connectivity index (χ2v) is 13.8. The number of rotatable bonds is 6. The summed E-state index contributed by atoms with van der Waals surface area (Å²) < 4.78 is 0. The van der Waals surface area contributed by atoms with Gasteiger partial charge in [0.2, 0.25) is 0 Å². The number of nitrogens with one attached hydrogen (secondary N) is 1. The summed E-state index contributed by atoms with van der Waals surface area (Å²) in [5, 5.41) is 11.2. The molecule has 0 bridgehead atoms. The van der Waals surface area contributed by atoms with Gasteiger partial charge in [-0.15, -0.1) is 0 Å². The summed E-state index contributed by atoms with van der Waals surface area (Å²) in [7, 11) is 0. The van der Waals surface area contributed by atoms with Crippen LogP contribution in [0.15, 0.2) is 205 Å². The maximum atomic E-state index is 5.38. The molecular weight excluding hydrogens is 655 g/mol. The first kappa shape index (κ1) is 31.6. The quantitative estimate of drug-likeness (QED) is 0.176. The van der Waals surface area contributed by atoms with Gasteiger partial charge in [-0.25, -0.2) is 4.99 Å². The maximum absolute atomic E-state index is 5.38. The van der Waals surface area contributed by atoms with Crippen molar-refractivity contribution in [3.63, 3.8) is 0 Å². The lowest BCUT2D eigenvalue weighted by molar-refractivity contribution is 0.781. The van der Waals surface area contributed by atoms with E-state index >= 15 is 0 Å². The highest BCUT2D eigenvalue weighted by Crippen LogP contribution is 2.44. The average Bonchev–Trinajstić information content (AvgIpc) is 3.26. The molecule has 0 aliphatic carbocycles. The molecule has 54 heavy (non-hydrogen) atoms. The van der Waals surface area contributed by atoms with E-state index in [0.717, 1.165) is 44.9 Å². The van der Waals surface area contributed by atoms with Crippen LogP contribution in [0.25, 0.3) is 71.4 Å². The first-order valence-electron chi connectivity index (χ1n) is 18.4. The molecule has 0 saturated heterocycles. The van der Waals surface area contributed by atoms with Gasteiger partial charge in [0.05, 0.1) is 11.7 Å².